The van der Waals surface area contributed by atoms with E-state index in [0.29, 0.717) is 18.5 Å². The van der Waals surface area contributed by atoms with E-state index in [-0.39, 0.29) is 0 Å². The summed E-state index contributed by atoms with van der Waals surface area (Å²) in [5.74, 6) is 2.33. The van der Waals surface area contributed by atoms with E-state index in [1.165, 1.54) is 12.8 Å². The number of likely N-dealkylation sites (tertiary alicyclic amines) is 1. The molecule has 1 aliphatic heterocycles. The molecule has 124 valence electrons. The molecule has 2 heterocycles. The molecule has 1 atom stereocenters. The van der Waals surface area contributed by atoms with Crippen molar-refractivity contribution in [2.24, 2.45) is 0 Å². The summed E-state index contributed by atoms with van der Waals surface area (Å²) in [5.41, 5.74) is 0. The Morgan fingerprint density at radius 1 is 1.35 bits per heavy atom. The van der Waals surface area contributed by atoms with Crippen LogP contribution >= 0.6 is 0 Å². The van der Waals surface area contributed by atoms with E-state index in [1.807, 2.05) is 37.3 Å². The first-order valence-electron chi connectivity index (χ1n) is 8.22. The lowest BCUT2D eigenvalue weighted by Crippen LogP contribution is -2.46. The number of hydrogen-bond donors (Lipinski definition) is 1. The van der Waals surface area contributed by atoms with Crippen LogP contribution in [0.3, 0.4) is 0 Å². The maximum atomic E-state index is 5.71. The van der Waals surface area contributed by atoms with Gasteiger partial charge in [-0.25, -0.2) is 0 Å². The lowest BCUT2D eigenvalue weighted by molar-refractivity contribution is 0.173. The van der Waals surface area contributed by atoms with Crippen molar-refractivity contribution in [2.75, 3.05) is 26.2 Å². The lowest BCUT2D eigenvalue weighted by atomic mass is 10.1. The first-order chi connectivity index (χ1) is 11.3. The third kappa shape index (κ3) is 5.04. The minimum atomic E-state index is 0.496. The van der Waals surface area contributed by atoms with Gasteiger partial charge < -0.3 is 14.6 Å². The van der Waals surface area contributed by atoms with Crippen LogP contribution in [0.1, 0.15) is 24.6 Å². The van der Waals surface area contributed by atoms with E-state index in [1.54, 1.807) is 0 Å². The summed E-state index contributed by atoms with van der Waals surface area (Å²) >= 11 is 0. The number of piperidine rings is 1. The SMILES string of the molecule is Cc1nc(CN2CCC[C@H](NCCOc3ccccc3)C2)no1. The standard InChI is InChI=1S/C17H24N4O2/c1-14-19-17(20-23-14)13-21-10-5-6-15(12-21)18-9-11-22-16-7-3-2-4-8-16/h2-4,7-8,15,18H,5-6,9-13H2,1H3/t15-/m0/s1. The zero-order chi connectivity index (χ0) is 15.9. The van der Waals surface area contributed by atoms with Crippen LogP contribution in [0.4, 0.5) is 0 Å². The maximum Gasteiger partial charge on any atom is 0.223 e. The van der Waals surface area contributed by atoms with Crippen molar-refractivity contribution in [3.8, 4) is 5.75 Å². The molecule has 3 rings (SSSR count). The van der Waals surface area contributed by atoms with Crippen LogP contribution < -0.4 is 10.1 Å². The molecule has 1 aromatic heterocycles. The topological polar surface area (TPSA) is 63.4 Å². The third-order valence-electron chi connectivity index (χ3n) is 3.99. The van der Waals surface area contributed by atoms with Gasteiger partial charge in [-0.3, -0.25) is 4.90 Å². The van der Waals surface area contributed by atoms with Crippen LogP contribution in [0, 0.1) is 6.92 Å². The third-order valence-corrected chi connectivity index (χ3v) is 3.99. The molecule has 0 amide bonds. The van der Waals surface area contributed by atoms with Gasteiger partial charge in [-0.15, -0.1) is 0 Å². The number of rotatable bonds is 7. The summed E-state index contributed by atoms with van der Waals surface area (Å²) in [4.78, 5) is 6.66. The summed E-state index contributed by atoms with van der Waals surface area (Å²) < 4.78 is 10.7. The van der Waals surface area contributed by atoms with Gasteiger partial charge in [-0.05, 0) is 31.5 Å². The largest absolute Gasteiger partial charge is 0.492 e. The van der Waals surface area contributed by atoms with Crippen molar-refractivity contribution in [1.29, 1.82) is 0 Å². The predicted octanol–water partition coefficient (Wildman–Crippen LogP) is 2.01. The Hall–Kier alpha value is -1.92. The highest BCUT2D eigenvalue weighted by atomic mass is 16.5. The molecule has 1 aromatic carbocycles. The summed E-state index contributed by atoms with van der Waals surface area (Å²) in [6.07, 6.45) is 2.39. The fourth-order valence-corrected chi connectivity index (χ4v) is 2.92. The number of hydrogen-bond acceptors (Lipinski definition) is 6. The molecule has 0 aliphatic carbocycles. The molecule has 23 heavy (non-hydrogen) atoms. The summed E-state index contributed by atoms with van der Waals surface area (Å²) in [5, 5.41) is 7.56. The zero-order valence-electron chi connectivity index (χ0n) is 13.6. The molecule has 1 saturated heterocycles. The Bertz CT molecular complexity index is 587. The van der Waals surface area contributed by atoms with E-state index in [0.717, 1.165) is 37.8 Å². The molecule has 2 aromatic rings. The molecular formula is C17H24N4O2. The van der Waals surface area contributed by atoms with Crippen molar-refractivity contribution >= 4 is 0 Å². The fourth-order valence-electron chi connectivity index (χ4n) is 2.92. The van der Waals surface area contributed by atoms with Crippen molar-refractivity contribution < 1.29 is 9.26 Å². The monoisotopic (exact) mass is 316 g/mol. The van der Waals surface area contributed by atoms with E-state index < -0.39 is 0 Å². The second-order valence-electron chi connectivity index (χ2n) is 5.92. The molecule has 1 fully saturated rings. The van der Waals surface area contributed by atoms with Gasteiger partial charge in [-0.1, -0.05) is 23.4 Å². The van der Waals surface area contributed by atoms with Crippen LogP contribution in [0.25, 0.3) is 0 Å². The van der Waals surface area contributed by atoms with Crippen LogP contribution in [0.15, 0.2) is 34.9 Å². The zero-order valence-corrected chi connectivity index (χ0v) is 13.6. The highest BCUT2D eigenvalue weighted by Gasteiger charge is 2.20. The van der Waals surface area contributed by atoms with Crippen LogP contribution in [-0.4, -0.2) is 47.3 Å². The highest BCUT2D eigenvalue weighted by molar-refractivity contribution is 5.20. The Labute approximate surface area is 136 Å². The molecule has 0 radical (unpaired) electrons. The maximum absolute atomic E-state index is 5.71. The normalized spacial score (nSPS) is 18.9. The smallest absolute Gasteiger partial charge is 0.223 e. The van der Waals surface area contributed by atoms with E-state index in [2.05, 4.69) is 20.4 Å². The van der Waals surface area contributed by atoms with Gasteiger partial charge >= 0.3 is 0 Å². The molecule has 0 spiro atoms. The fraction of sp³-hybridized carbons (Fsp3) is 0.529. The Morgan fingerprint density at radius 2 is 2.22 bits per heavy atom. The summed E-state index contributed by atoms with van der Waals surface area (Å²) in [6, 6.07) is 10.4. The van der Waals surface area contributed by atoms with Gasteiger partial charge in [0, 0.05) is 26.1 Å². The van der Waals surface area contributed by atoms with Gasteiger partial charge in [0.1, 0.15) is 12.4 Å². The average Bonchev–Trinajstić information content (AvgIpc) is 2.98. The van der Waals surface area contributed by atoms with Gasteiger partial charge in [-0.2, -0.15) is 4.98 Å². The van der Waals surface area contributed by atoms with Gasteiger partial charge in [0.2, 0.25) is 5.89 Å². The molecule has 1 N–H and O–H groups in total. The summed E-state index contributed by atoms with van der Waals surface area (Å²) in [6.45, 7) is 6.23. The highest BCUT2D eigenvalue weighted by Crippen LogP contribution is 2.13. The minimum absolute atomic E-state index is 0.496. The van der Waals surface area contributed by atoms with Crippen LogP contribution in [0.2, 0.25) is 0 Å². The second-order valence-corrected chi connectivity index (χ2v) is 5.92. The van der Waals surface area contributed by atoms with Crippen LogP contribution in [-0.2, 0) is 6.54 Å². The number of para-hydroxylation sites is 1. The molecule has 0 bridgehead atoms. The Kier molecular flexibility index (Phi) is 5.60. The van der Waals surface area contributed by atoms with Crippen molar-refractivity contribution in [3.05, 3.63) is 42.0 Å². The number of aromatic nitrogens is 2. The van der Waals surface area contributed by atoms with Crippen molar-refractivity contribution in [2.45, 2.75) is 32.4 Å². The summed E-state index contributed by atoms with van der Waals surface area (Å²) in [7, 11) is 0. The molecule has 1 aliphatic rings. The van der Waals surface area contributed by atoms with E-state index in [9.17, 15) is 0 Å². The molecular weight excluding hydrogens is 292 g/mol. The van der Waals surface area contributed by atoms with Crippen molar-refractivity contribution in [3.63, 3.8) is 0 Å². The number of ether oxygens (including phenoxy) is 1. The Balaban J connectivity index is 1.37. The Morgan fingerprint density at radius 3 is 3.00 bits per heavy atom. The first-order valence-corrected chi connectivity index (χ1v) is 8.22. The molecule has 6 nitrogen and oxygen atoms in total. The van der Waals surface area contributed by atoms with E-state index in [4.69, 9.17) is 9.26 Å². The van der Waals surface area contributed by atoms with Crippen LogP contribution in [0.5, 0.6) is 5.75 Å². The number of nitrogens with zero attached hydrogens (tertiary/aromatic N) is 3. The van der Waals surface area contributed by atoms with Gasteiger partial charge in [0.25, 0.3) is 0 Å². The first kappa shape index (κ1) is 16.0. The molecule has 0 unspecified atom stereocenters. The number of nitrogens with one attached hydrogen (secondary N) is 1. The average molecular weight is 316 g/mol. The van der Waals surface area contributed by atoms with Gasteiger partial charge in [0.05, 0.1) is 6.54 Å². The molecule has 0 saturated carbocycles. The molecule has 6 heteroatoms. The van der Waals surface area contributed by atoms with E-state index >= 15 is 0 Å². The lowest BCUT2D eigenvalue weighted by Gasteiger charge is -2.32. The quantitative estimate of drug-likeness (QED) is 0.789. The minimum Gasteiger partial charge on any atom is -0.492 e. The number of aryl methyl sites for hydroxylation is 1. The van der Waals surface area contributed by atoms with Gasteiger partial charge in [0.15, 0.2) is 5.82 Å². The second kappa shape index (κ2) is 8.08. The predicted molar refractivity (Wildman–Crippen MR) is 87.3 cm³/mol. The number of benzene rings is 1. The van der Waals surface area contributed by atoms with Crippen molar-refractivity contribution in [1.82, 2.24) is 20.4 Å².